The molecule has 1 aliphatic rings. The number of rotatable bonds is 4. The summed E-state index contributed by atoms with van der Waals surface area (Å²) >= 11 is 1.55. The summed E-state index contributed by atoms with van der Waals surface area (Å²) in [7, 11) is 1.82. The fourth-order valence-corrected chi connectivity index (χ4v) is 4.63. The summed E-state index contributed by atoms with van der Waals surface area (Å²) in [5.41, 5.74) is 3.95. The first-order chi connectivity index (χ1) is 15.2. The van der Waals surface area contributed by atoms with Gasteiger partial charge in [0.15, 0.2) is 0 Å². The van der Waals surface area contributed by atoms with Crippen LogP contribution in [0.4, 0.5) is 10.5 Å². The first-order valence-electron chi connectivity index (χ1n) is 10.9. The monoisotopic (exact) mass is 450 g/mol. The zero-order valence-corrected chi connectivity index (χ0v) is 19.8. The van der Waals surface area contributed by atoms with Crippen molar-refractivity contribution in [2.75, 3.05) is 12.4 Å². The third kappa shape index (κ3) is 4.88. The number of amides is 1. The van der Waals surface area contributed by atoms with Gasteiger partial charge in [-0.2, -0.15) is 0 Å². The molecule has 3 N–H and O–H groups in total. The van der Waals surface area contributed by atoms with E-state index in [1.165, 1.54) is 16.5 Å². The summed E-state index contributed by atoms with van der Waals surface area (Å²) in [4.78, 5) is 18.4. The molecule has 1 aliphatic carbocycles. The zero-order valence-electron chi connectivity index (χ0n) is 19.0. The van der Waals surface area contributed by atoms with Crippen molar-refractivity contribution in [3.05, 3.63) is 58.4 Å². The summed E-state index contributed by atoms with van der Waals surface area (Å²) in [5.74, 6) is 0.404. The van der Waals surface area contributed by atoms with Gasteiger partial charge in [0.25, 0.3) is 0 Å². The Morgan fingerprint density at radius 2 is 2.12 bits per heavy atom. The Hall–Kier alpha value is -3.06. The minimum atomic E-state index is -0.485. The van der Waals surface area contributed by atoms with Gasteiger partial charge >= 0.3 is 6.09 Å². The third-order valence-corrected chi connectivity index (χ3v) is 6.56. The summed E-state index contributed by atoms with van der Waals surface area (Å²) in [6, 6.07) is 10.2. The van der Waals surface area contributed by atoms with E-state index in [0.29, 0.717) is 5.84 Å². The number of benzene rings is 1. The van der Waals surface area contributed by atoms with Crippen LogP contribution in [0.2, 0.25) is 0 Å². The number of hydrogen-bond acceptors (Lipinski definition) is 4. The largest absolute Gasteiger partial charge is 0.444 e. The van der Waals surface area contributed by atoms with Crippen molar-refractivity contribution in [3.63, 3.8) is 0 Å². The highest BCUT2D eigenvalue weighted by atomic mass is 32.1. The number of hydrogen-bond donors (Lipinski definition) is 3. The molecule has 0 bridgehead atoms. The van der Waals surface area contributed by atoms with Gasteiger partial charge < -0.3 is 19.9 Å². The van der Waals surface area contributed by atoms with Crippen LogP contribution in [-0.4, -0.2) is 40.5 Å². The molecule has 0 spiro atoms. The average Bonchev–Trinajstić information content (AvgIpc) is 3.42. The van der Waals surface area contributed by atoms with Gasteiger partial charge in [-0.15, -0.1) is 11.3 Å². The van der Waals surface area contributed by atoms with Crippen molar-refractivity contribution in [1.29, 1.82) is 5.41 Å². The first-order valence-corrected chi connectivity index (χ1v) is 11.7. The van der Waals surface area contributed by atoms with Crippen LogP contribution >= 0.6 is 11.3 Å². The quantitative estimate of drug-likeness (QED) is 0.315. The molecule has 1 aromatic carbocycles. The molecule has 1 amide bonds. The Labute approximate surface area is 192 Å². The highest BCUT2D eigenvalue weighted by Gasteiger charge is 2.27. The van der Waals surface area contributed by atoms with Gasteiger partial charge in [0, 0.05) is 41.4 Å². The highest BCUT2D eigenvalue weighted by Crippen LogP contribution is 2.34. The van der Waals surface area contributed by atoms with E-state index < -0.39 is 5.60 Å². The number of amidine groups is 1. The van der Waals surface area contributed by atoms with E-state index in [1.807, 2.05) is 57.5 Å². The average molecular weight is 451 g/mol. The van der Waals surface area contributed by atoms with Crippen LogP contribution in [0.3, 0.4) is 0 Å². The molecular formula is C25H30N4O2S. The minimum absolute atomic E-state index is 0.151. The lowest BCUT2D eigenvalue weighted by Gasteiger charge is -2.32. The number of carbonyl (C=O) groups excluding carboxylic acids is 1. The van der Waals surface area contributed by atoms with Crippen molar-refractivity contribution in [1.82, 2.24) is 9.88 Å². The number of nitrogens with zero attached hydrogens (tertiary/aromatic N) is 1. The maximum Gasteiger partial charge on any atom is 0.410 e. The summed E-state index contributed by atoms with van der Waals surface area (Å²) in [6.07, 6.45) is 6.67. The fourth-order valence-electron chi connectivity index (χ4n) is 4.00. The molecule has 7 heteroatoms. The molecule has 0 fully saturated rings. The number of aromatic amines is 1. The van der Waals surface area contributed by atoms with Crippen LogP contribution in [0, 0.1) is 5.41 Å². The summed E-state index contributed by atoms with van der Waals surface area (Å²) in [6.45, 7) is 5.67. The van der Waals surface area contributed by atoms with Gasteiger partial charge in [-0.05, 0) is 69.2 Å². The molecule has 4 rings (SSSR count). The number of carbonyl (C=O) groups is 1. The fraction of sp³-hybridized carbons (Fsp3) is 0.360. The van der Waals surface area contributed by atoms with Gasteiger partial charge in [-0.3, -0.25) is 5.41 Å². The molecule has 0 saturated carbocycles. The van der Waals surface area contributed by atoms with E-state index in [0.717, 1.165) is 35.3 Å². The molecule has 1 atom stereocenters. The second-order valence-corrected chi connectivity index (χ2v) is 10.1. The van der Waals surface area contributed by atoms with Gasteiger partial charge in [-0.25, -0.2) is 4.79 Å². The van der Waals surface area contributed by atoms with Gasteiger partial charge in [0.1, 0.15) is 11.4 Å². The second-order valence-electron chi connectivity index (χ2n) is 9.19. The molecule has 3 aromatic rings. The molecule has 0 saturated heterocycles. The second kappa shape index (κ2) is 8.82. The van der Waals surface area contributed by atoms with Crippen molar-refractivity contribution in [3.8, 4) is 0 Å². The topological polar surface area (TPSA) is 81.2 Å². The minimum Gasteiger partial charge on any atom is -0.444 e. The third-order valence-electron chi connectivity index (χ3n) is 5.68. The number of fused-ring (bicyclic) bond motifs is 1. The van der Waals surface area contributed by atoms with Crippen LogP contribution in [0.15, 0.2) is 48.0 Å². The van der Waals surface area contributed by atoms with E-state index in [1.54, 1.807) is 16.2 Å². The van der Waals surface area contributed by atoms with Gasteiger partial charge in [-0.1, -0.05) is 18.2 Å². The number of ether oxygens (including phenoxy) is 1. The van der Waals surface area contributed by atoms with Crippen LogP contribution in [0.1, 0.15) is 50.5 Å². The van der Waals surface area contributed by atoms with E-state index in [-0.39, 0.29) is 12.1 Å². The lowest BCUT2D eigenvalue weighted by Crippen LogP contribution is -2.41. The molecule has 0 aliphatic heterocycles. The predicted octanol–water partition coefficient (Wildman–Crippen LogP) is 6.47. The Morgan fingerprint density at radius 1 is 1.31 bits per heavy atom. The van der Waals surface area contributed by atoms with Gasteiger partial charge in [0.2, 0.25) is 0 Å². The van der Waals surface area contributed by atoms with Crippen molar-refractivity contribution < 1.29 is 9.53 Å². The Morgan fingerprint density at radius 3 is 2.78 bits per heavy atom. The van der Waals surface area contributed by atoms with E-state index >= 15 is 0 Å². The van der Waals surface area contributed by atoms with Crippen LogP contribution < -0.4 is 5.32 Å². The Balaban J connectivity index is 1.45. The maximum atomic E-state index is 12.4. The molecule has 6 nitrogen and oxygen atoms in total. The maximum absolute atomic E-state index is 12.4. The zero-order chi connectivity index (χ0) is 22.9. The number of anilines is 1. The molecule has 2 heterocycles. The van der Waals surface area contributed by atoms with E-state index in [4.69, 9.17) is 10.1 Å². The molecule has 32 heavy (non-hydrogen) atoms. The molecule has 1 unspecified atom stereocenters. The van der Waals surface area contributed by atoms with Crippen LogP contribution in [-0.2, 0) is 4.74 Å². The molecule has 0 radical (unpaired) electrons. The lowest BCUT2D eigenvalue weighted by atomic mass is 9.90. The number of thiophene rings is 1. The van der Waals surface area contributed by atoms with E-state index in [9.17, 15) is 4.79 Å². The van der Waals surface area contributed by atoms with Crippen LogP contribution in [0.25, 0.3) is 16.5 Å². The predicted molar refractivity (Wildman–Crippen MR) is 133 cm³/mol. The van der Waals surface area contributed by atoms with E-state index in [2.05, 4.69) is 28.6 Å². The number of nitrogens with one attached hydrogen (secondary N) is 3. The molecule has 168 valence electrons. The number of aromatic nitrogens is 1. The standard InChI is InChI=1S/C25H30N4O2S/c1-25(2,3)31-24(30)29(4)18-10-7-16(8-11-18)20-15-27-21-14-17(9-12-19(20)21)28-23(26)22-6-5-13-32-22/h5-7,9,12-15,18,27H,8,10-11H2,1-4H3,(H2,26,28). The Bertz CT molecular complexity index is 1150. The van der Waals surface area contributed by atoms with Crippen molar-refractivity contribution >= 4 is 45.4 Å². The number of allylic oxidation sites excluding steroid dienone is 1. The molecule has 2 aromatic heterocycles. The van der Waals surface area contributed by atoms with Crippen molar-refractivity contribution in [2.45, 2.75) is 51.7 Å². The highest BCUT2D eigenvalue weighted by molar-refractivity contribution is 7.12. The molecular weight excluding hydrogens is 420 g/mol. The number of H-pyrrole nitrogens is 1. The first kappa shape index (κ1) is 22.1. The normalized spacial score (nSPS) is 16.5. The van der Waals surface area contributed by atoms with Crippen LogP contribution in [0.5, 0.6) is 0 Å². The van der Waals surface area contributed by atoms with Gasteiger partial charge in [0.05, 0.1) is 4.88 Å². The smallest absolute Gasteiger partial charge is 0.410 e. The summed E-state index contributed by atoms with van der Waals surface area (Å²) in [5, 5.41) is 14.6. The SMILES string of the molecule is CN(C(=O)OC(C)(C)C)C1CC=C(c2c[nH]c3cc(NC(=N)c4cccs4)ccc23)CC1. The summed E-state index contributed by atoms with van der Waals surface area (Å²) < 4.78 is 5.51. The Kier molecular flexibility index (Phi) is 6.11. The lowest BCUT2D eigenvalue weighted by molar-refractivity contribution is 0.0215. The van der Waals surface area contributed by atoms with Crippen molar-refractivity contribution in [2.24, 2.45) is 0 Å².